The van der Waals surface area contributed by atoms with E-state index in [1.807, 2.05) is 122 Å². The molecule has 0 fully saturated rings. The second-order valence-corrected chi connectivity index (χ2v) is 15.5. The van der Waals surface area contributed by atoms with Crippen LogP contribution in [0.25, 0.3) is 22.5 Å². The molecule has 0 aliphatic rings. The molecule has 9 heteroatoms. The Morgan fingerprint density at radius 1 is 0.516 bits per heavy atom. The molecule has 8 aromatic rings. The van der Waals surface area contributed by atoms with Crippen molar-refractivity contribution < 1.29 is 38.6 Å². The zero-order chi connectivity index (χ0) is 42.7. The molecule has 0 saturated heterocycles. The number of pyridine rings is 2. The van der Waals surface area contributed by atoms with Crippen molar-refractivity contribution in [1.82, 2.24) is 9.97 Å². The Labute approximate surface area is 374 Å². The number of anilines is 6. The summed E-state index contributed by atoms with van der Waals surface area (Å²) in [5, 5.41) is 0. The van der Waals surface area contributed by atoms with Crippen LogP contribution in [0.3, 0.4) is 0 Å². The molecule has 0 saturated carbocycles. The van der Waals surface area contributed by atoms with Crippen LogP contribution < -0.4 is 9.80 Å². The van der Waals surface area contributed by atoms with Crippen molar-refractivity contribution in [3.8, 4) is 22.5 Å². The average molecular weight is 1010 g/mol. The molecule has 1 atom stereocenters. The van der Waals surface area contributed by atoms with Gasteiger partial charge in [0.25, 0.3) is 0 Å². The van der Waals surface area contributed by atoms with Gasteiger partial charge in [-0.3, -0.25) is 17.6 Å². The Morgan fingerprint density at radius 2 is 0.887 bits per heavy atom. The fourth-order valence-electron chi connectivity index (χ4n) is 7.41. The van der Waals surface area contributed by atoms with Crippen molar-refractivity contribution in [3.05, 3.63) is 216 Å². The second kappa shape index (κ2) is 18.7. The monoisotopic (exact) mass is 1010 g/mol. The maximum atomic E-state index is 15.8. The van der Waals surface area contributed by atoms with E-state index >= 15 is 8.78 Å². The van der Waals surface area contributed by atoms with E-state index in [1.165, 1.54) is 5.56 Å². The Morgan fingerprint density at radius 3 is 1.24 bits per heavy atom. The predicted octanol–water partition coefficient (Wildman–Crippen LogP) is 14.7. The number of para-hydroxylation sites is 3. The van der Waals surface area contributed by atoms with Gasteiger partial charge in [0.15, 0.2) is 0 Å². The maximum Gasteiger partial charge on any atom is 2.00 e. The van der Waals surface area contributed by atoms with Gasteiger partial charge >= 0.3 is 21.1 Å². The van der Waals surface area contributed by atoms with E-state index < -0.39 is 28.7 Å². The first kappa shape index (κ1) is 43.7. The van der Waals surface area contributed by atoms with Crippen LogP contribution in [0.1, 0.15) is 57.0 Å². The Hall–Kier alpha value is -6.37. The molecule has 62 heavy (non-hydrogen) atoms. The molecule has 4 nitrogen and oxygen atoms in total. The van der Waals surface area contributed by atoms with E-state index in [-0.39, 0.29) is 43.6 Å². The maximum absolute atomic E-state index is 15.8. The quantitative estimate of drug-likeness (QED) is 0.0902. The van der Waals surface area contributed by atoms with Crippen LogP contribution in [0, 0.1) is 35.4 Å². The van der Waals surface area contributed by atoms with Crippen LogP contribution in [0.5, 0.6) is 0 Å². The number of hydrogen-bond donors (Lipinski definition) is 0. The zero-order valence-electron chi connectivity index (χ0n) is 34.5. The molecule has 0 amide bonds. The topological polar surface area (TPSA) is 32.3 Å². The number of hydrogen-bond acceptors (Lipinski definition) is 4. The summed E-state index contributed by atoms with van der Waals surface area (Å²) in [6.07, 6.45) is 0.991. The van der Waals surface area contributed by atoms with Gasteiger partial charge in [0.1, 0.15) is 0 Å². The van der Waals surface area contributed by atoms with E-state index in [0.29, 0.717) is 28.7 Å². The number of nitrogens with zero attached hydrogens (tertiary/aromatic N) is 4. The molecule has 2 heterocycles. The second-order valence-electron chi connectivity index (χ2n) is 15.5. The molecule has 6 aromatic carbocycles. The molecule has 0 aliphatic heterocycles. The summed E-state index contributed by atoms with van der Waals surface area (Å²) < 4.78 is 60.1. The molecule has 2 aromatic heterocycles. The minimum Gasteiger partial charge on any atom is -0.311 e. The third-order valence-electron chi connectivity index (χ3n) is 11.0. The smallest absolute Gasteiger partial charge is 0.311 e. The summed E-state index contributed by atoms with van der Waals surface area (Å²) in [5.41, 5.74) is 6.19. The number of benzene rings is 6. The van der Waals surface area contributed by atoms with E-state index in [1.54, 1.807) is 12.1 Å². The van der Waals surface area contributed by atoms with E-state index in [9.17, 15) is 8.78 Å². The van der Waals surface area contributed by atoms with Gasteiger partial charge in [0.05, 0.1) is 0 Å². The van der Waals surface area contributed by atoms with Crippen LogP contribution >= 0.6 is 0 Å². The Kier molecular flexibility index (Phi) is 13.2. The summed E-state index contributed by atoms with van der Waals surface area (Å²) in [5.74, 6) is -2.79. The number of halogens is 4. The molecule has 312 valence electrons. The summed E-state index contributed by atoms with van der Waals surface area (Å²) in [6, 6.07) is 54.4. The first-order valence-electron chi connectivity index (χ1n) is 20.1. The third-order valence-corrected chi connectivity index (χ3v) is 11.0. The van der Waals surface area contributed by atoms with Crippen molar-refractivity contribution in [2.45, 2.75) is 45.4 Å². The van der Waals surface area contributed by atoms with Gasteiger partial charge in [-0.05, 0) is 104 Å². The van der Waals surface area contributed by atoms with E-state index in [0.717, 1.165) is 53.4 Å². The van der Waals surface area contributed by atoms with Gasteiger partial charge in [0, 0.05) is 74.2 Å². The molecule has 1 unspecified atom stereocenters. The standard InChI is InChI=1S/C53H42F4N4.Pt/c1-5-35(2)36-21-25-42(26-22-36)61(41-19-13-8-14-20-41)44-32-50(46-28-24-38(55)30-48(46)57)59-52(34-44)53(3,4)51-33-43(31-49(58-51)45-27-23-37(54)29-47(45)56)60(39-15-9-6-10-16-39)40-17-11-7-12-18-40;/h6-26,29-35H,5H2,1-4H3;/q-2;+2. The third kappa shape index (κ3) is 9.12. The fourth-order valence-corrected chi connectivity index (χ4v) is 7.41. The van der Waals surface area contributed by atoms with Gasteiger partial charge in [-0.25, -0.2) is 0 Å². The minimum absolute atomic E-state index is 0. The summed E-state index contributed by atoms with van der Waals surface area (Å²) in [4.78, 5) is 14.2. The summed E-state index contributed by atoms with van der Waals surface area (Å²) >= 11 is 0. The van der Waals surface area contributed by atoms with E-state index in [2.05, 4.69) is 55.1 Å². The summed E-state index contributed by atoms with van der Waals surface area (Å²) in [6.45, 7) is 8.23. The molecule has 0 bridgehead atoms. The first-order valence-corrected chi connectivity index (χ1v) is 20.1. The number of aromatic nitrogens is 2. The van der Waals surface area contributed by atoms with Crippen LogP contribution in [0.4, 0.5) is 51.7 Å². The van der Waals surface area contributed by atoms with Crippen LogP contribution in [0.15, 0.2) is 164 Å². The van der Waals surface area contributed by atoms with Gasteiger partial charge in [-0.15, -0.1) is 24.3 Å². The van der Waals surface area contributed by atoms with Gasteiger partial charge < -0.3 is 19.8 Å². The van der Waals surface area contributed by atoms with Gasteiger partial charge in [-0.2, -0.15) is 0 Å². The van der Waals surface area contributed by atoms with Crippen molar-refractivity contribution in [2.75, 3.05) is 9.80 Å². The van der Waals surface area contributed by atoms with Crippen LogP contribution in [-0.2, 0) is 26.5 Å². The molecule has 0 N–H and O–H groups in total. The summed E-state index contributed by atoms with van der Waals surface area (Å²) in [7, 11) is 0. The molecule has 0 spiro atoms. The molecule has 0 aliphatic carbocycles. The Balaban J connectivity index is 0.00000578. The molecule has 8 rings (SSSR count). The van der Waals surface area contributed by atoms with Crippen molar-refractivity contribution in [1.29, 1.82) is 0 Å². The van der Waals surface area contributed by atoms with Crippen molar-refractivity contribution in [2.24, 2.45) is 0 Å². The van der Waals surface area contributed by atoms with Crippen LogP contribution in [-0.4, -0.2) is 9.97 Å². The zero-order valence-corrected chi connectivity index (χ0v) is 36.8. The number of rotatable bonds is 12. The van der Waals surface area contributed by atoms with Gasteiger partial charge in [-0.1, -0.05) is 116 Å². The first-order chi connectivity index (χ1) is 29.5. The molecular formula is C53H42F4N4Pt. The van der Waals surface area contributed by atoms with Crippen molar-refractivity contribution in [3.63, 3.8) is 0 Å². The van der Waals surface area contributed by atoms with E-state index in [4.69, 9.17) is 9.97 Å². The van der Waals surface area contributed by atoms with Crippen LogP contribution in [0.2, 0.25) is 0 Å². The minimum atomic E-state index is -1.07. The average Bonchev–Trinajstić information content (AvgIpc) is 3.27. The largest absolute Gasteiger partial charge is 2.00 e. The van der Waals surface area contributed by atoms with Crippen molar-refractivity contribution >= 4 is 34.1 Å². The predicted molar refractivity (Wildman–Crippen MR) is 237 cm³/mol. The van der Waals surface area contributed by atoms with Gasteiger partial charge in [0.2, 0.25) is 0 Å². The Bertz CT molecular complexity index is 2750. The molecular weight excluding hydrogens is 964 g/mol. The molecule has 0 radical (unpaired) electrons. The fraction of sp³-hybridized carbons (Fsp3) is 0.132. The SMILES string of the molecule is CCC(C)c1ccc(N(c2ccccc2)c2cc(-c3[c-]cc(F)cc3F)nc(C(C)(C)c3cc(N(c4ccccc4)c4ccccc4)cc(-c4[c-]cc(F)cc4F)n3)c2)cc1.[Pt+2]. The normalized spacial score (nSPS) is 11.7.